The van der Waals surface area contributed by atoms with Gasteiger partial charge in [0.1, 0.15) is 0 Å². The van der Waals surface area contributed by atoms with Gasteiger partial charge in [-0.1, -0.05) is 6.07 Å². The highest BCUT2D eigenvalue weighted by molar-refractivity contribution is 5.96. The summed E-state index contributed by atoms with van der Waals surface area (Å²) in [5.41, 5.74) is 7.86. The minimum absolute atomic E-state index is 0. The number of rotatable bonds is 3. The Labute approximate surface area is 113 Å². The molecule has 1 heterocycles. The Morgan fingerprint density at radius 1 is 1.56 bits per heavy atom. The number of carbonyl (C=O) groups is 1. The van der Waals surface area contributed by atoms with Crippen LogP contribution in [0.3, 0.4) is 0 Å². The monoisotopic (exact) mass is 270 g/mol. The fourth-order valence-electron chi connectivity index (χ4n) is 1.99. The third kappa shape index (κ3) is 3.62. The SMILES string of the molecule is Cc1ccc(N)cc1C(=O)NCC1CCCO1.Cl. The number of anilines is 1. The van der Waals surface area contributed by atoms with Crippen LogP contribution in [0, 0.1) is 6.92 Å². The average molecular weight is 271 g/mol. The van der Waals surface area contributed by atoms with Gasteiger partial charge >= 0.3 is 0 Å². The number of nitrogen functional groups attached to an aromatic ring is 1. The molecular formula is C13H19ClN2O2. The molecule has 1 fully saturated rings. The predicted molar refractivity (Wildman–Crippen MR) is 74.1 cm³/mol. The lowest BCUT2D eigenvalue weighted by Crippen LogP contribution is -2.32. The van der Waals surface area contributed by atoms with E-state index in [1.165, 1.54) is 0 Å². The van der Waals surface area contributed by atoms with Crippen LogP contribution in [0.1, 0.15) is 28.8 Å². The van der Waals surface area contributed by atoms with Crippen molar-refractivity contribution in [3.63, 3.8) is 0 Å². The molecule has 3 N–H and O–H groups in total. The van der Waals surface area contributed by atoms with Gasteiger partial charge in [0.2, 0.25) is 0 Å². The van der Waals surface area contributed by atoms with E-state index in [1.807, 2.05) is 13.0 Å². The molecule has 0 radical (unpaired) electrons. The number of carbonyl (C=O) groups excluding carboxylic acids is 1. The summed E-state index contributed by atoms with van der Waals surface area (Å²) in [5, 5.41) is 2.89. The lowest BCUT2D eigenvalue weighted by atomic mass is 10.1. The van der Waals surface area contributed by atoms with Crippen LogP contribution in [0.5, 0.6) is 0 Å². The smallest absolute Gasteiger partial charge is 0.251 e. The number of nitrogens with two attached hydrogens (primary N) is 1. The number of nitrogens with one attached hydrogen (secondary N) is 1. The first-order valence-corrected chi connectivity index (χ1v) is 5.93. The molecule has 1 aliphatic heterocycles. The summed E-state index contributed by atoms with van der Waals surface area (Å²) in [7, 11) is 0. The fourth-order valence-corrected chi connectivity index (χ4v) is 1.99. The van der Waals surface area contributed by atoms with E-state index in [4.69, 9.17) is 10.5 Å². The summed E-state index contributed by atoms with van der Waals surface area (Å²) in [6.07, 6.45) is 2.27. The van der Waals surface area contributed by atoms with Gasteiger partial charge in [0, 0.05) is 24.4 Å². The van der Waals surface area contributed by atoms with Gasteiger partial charge in [0.25, 0.3) is 5.91 Å². The van der Waals surface area contributed by atoms with Crippen LogP contribution in [-0.4, -0.2) is 25.2 Å². The maximum absolute atomic E-state index is 12.0. The van der Waals surface area contributed by atoms with Crippen molar-refractivity contribution in [1.29, 1.82) is 0 Å². The van der Waals surface area contributed by atoms with Gasteiger partial charge in [-0.3, -0.25) is 4.79 Å². The number of hydrogen-bond acceptors (Lipinski definition) is 3. The Bertz CT molecular complexity index is 417. The lowest BCUT2D eigenvalue weighted by molar-refractivity contribution is 0.0857. The van der Waals surface area contributed by atoms with Crippen molar-refractivity contribution in [3.05, 3.63) is 29.3 Å². The molecule has 5 heteroatoms. The number of aryl methyl sites for hydroxylation is 1. The molecule has 100 valence electrons. The Morgan fingerprint density at radius 2 is 2.33 bits per heavy atom. The third-order valence-electron chi connectivity index (χ3n) is 3.02. The fraction of sp³-hybridized carbons (Fsp3) is 0.462. The average Bonchev–Trinajstić information content (AvgIpc) is 2.82. The van der Waals surface area contributed by atoms with E-state index >= 15 is 0 Å². The Hall–Kier alpha value is -1.26. The van der Waals surface area contributed by atoms with Crippen molar-refractivity contribution in [3.8, 4) is 0 Å². The van der Waals surface area contributed by atoms with E-state index in [2.05, 4.69) is 5.32 Å². The molecule has 0 aromatic heterocycles. The van der Waals surface area contributed by atoms with Gasteiger partial charge in [-0.25, -0.2) is 0 Å². The summed E-state index contributed by atoms with van der Waals surface area (Å²) >= 11 is 0. The molecule has 18 heavy (non-hydrogen) atoms. The molecule has 0 spiro atoms. The van der Waals surface area contributed by atoms with E-state index in [1.54, 1.807) is 12.1 Å². The van der Waals surface area contributed by atoms with Crippen LogP contribution in [0.4, 0.5) is 5.69 Å². The first-order chi connectivity index (χ1) is 8.16. The van der Waals surface area contributed by atoms with Crippen molar-refractivity contribution in [2.75, 3.05) is 18.9 Å². The Kier molecular flexibility index (Phi) is 5.44. The topological polar surface area (TPSA) is 64.4 Å². The quantitative estimate of drug-likeness (QED) is 0.825. The standard InChI is InChI=1S/C13H18N2O2.ClH/c1-9-4-5-10(14)7-12(9)13(16)15-8-11-3-2-6-17-11;/h4-5,7,11H,2-3,6,8,14H2,1H3,(H,15,16);1H. The summed E-state index contributed by atoms with van der Waals surface area (Å²) < 4.78 is 5.45. The van der Waals surface area contributed by atoms with Crippen LogP contribution in [0.15, 0.2) is 18.2 Å². The van der Waals surface area contributed by atoms with Gasteiger partial charge in [0.15, 0.2) is 0 Å². The molecule has 1 aromatic rings. The molecule has 1 saturated heterocycles. The number of benzene rings is 1. The first-order valence-electron chi connectivity index (χ1n) is 5.93. The minimum Gasteiger partial charge on any atom is -0.399 e. The highest BCUT2D eigenvalue weighted by atomic mass is 35.5. The first kappa shape index (κ1) is 14.8. The second kappa shape index (κ2) is 6.61. The molecule has 4 nitrogen and oxygen atoms in total. The second-order valence-corrected chi connectivity index (χ2v) is 4.42. The molecule has 1 aromatic carbocycles. The Balaban J connectivity index is 0.00000162. The normalized spacial score (nSPS) is 18.2. The maximum Gasteiger partial charge on any atom is 0.251 e. The van der Waals surface area contributed by atoms with Crippen molar-refractivity contribution < 1.29 is 9.53 Å². The van der Waals surface area contributed by atoms with Crippen molar-refractivity contribution >= 4 is 24.0 Å². The summed E-state index contributed by atoms with van der Waals surface area (Å²) in [5.74, 6) is -0.0784. The van der Waals surface area contributed by atoms with Gasteiger partial charge in [-0.05, 0) is 37.5 Å². The van der Waals surface area contributed by atoms with E-state index in [0.29, 0.717) is 17.8 Å². The van der Waals surface area contributed by atoms with Crippen molar-refractivity contribution in [2.24, 2.45) is 0 Å². The number of ether oxygens (including phenoxy) is 1. The molecule has 1 atom stereocenters. The molecule has 2 rings (SSSR count). The maximum atomic E-state index is 12.0. The highest BCUT2D eigenvalue weighted by Crippen LogP contribution is 2.14. The lowest BCUT2D eigenvalue weighted by Gasteiger charge is -2.12. The molecule has 1 aliphatic rings. The zero-order chi connectivity index (χ0) is 12.3. The Morgan fingerprint density at radius 3 is 3.00 bits per heavy atom. The third-order valence-corrected chi connectivity index (χ3v) is 3.02. The minimum atomic E-state index is -0.0784. The molecular weight excluding hydrogens is 252 g/mol. The van der Waals surface area contributed by atoms with Crippen LogP contribution in [0.25, 0.3) is 0 Å². The molecule has 1 unspecified atom stereocenters. The number of halogens is 1. The zero-order valence-corrected chi connectivity index (χ0v) is 11.3. The summed E-state index contributed by atoms with van der Waals surface area (Å²) in [4.78, 5) is 12.0. The van der Waals surface area contributed by atoms with Crippen molar-refractivity contribution in [2.45, 2.75) is 25.9 Å². The highest BCUT2D eigenvalue weighted by Gasteiger charge is 2.17. The van der Waals surface area contributed by atoms with E-state index < -0.39 is 0 Å². The molecule has 0 bridgehead atoms. The molecule has 0 aliphatic carbocycles. The van der Waals surface area contributed by atoms with Crippen LogP contribution >= 0.6 is 12.4 Å². The van der Waals surface area contributed by atoms with Crippen LogP contribution in [0.2, 0.25) is 0 Å². The summed E-state index contributed by atoms with van der Waals surface area (Å²) in [6, 6.07) is 5.36. The van der Waals surface area contributed by atoms with Crippen LogP contribution < -0.4 is 11.1 Å². The van der Waals surface area contributed by atoms with Crippen LogP contribution in [-0.2, 0) is 4.74 Å². The molecule has 1 amide bonds. The van der Waals surface area contributed by atoms with Crippen molar-refractivity contribution in [1.82, 2.24) is 5.32 Å². The number of amides is 1. The zero-order valence-electron chi connectivity index (χ0n) is 10.4. The largest absolute Gasteiger partial charge is 0.399 e. The molecule has 0 saturated carbocycles. The van der Waals surface area contributed by atoms with E-state index in [-0.39, 0.29) is 24.4 Å². The summed E-state index contributed by atoms with van der Waals surface area (Å²) in [6.45, 7) is 3.28. The van der Waals surface area contributed by atoms with Gasteiger partial charge in [-0.2, -0.15) is 0 Å². The second-order valence-electron chi connectivity index (χ2n) is 4.42. The van der Waals surface area contributed by atoms with E-state index in [0.717, 1.165) is 25.0 Å². The number of hydrogen-bond donors (Lipinski definition) is 2. The van der Waals surface area contributed by atoms with Gasteiger partial charge < -0.3 is 15.8 Å². The van der Waals surface area contributed by atoms with Gasteiger partial charge in [-0.15, -0.1) is 12.4 Å². The van der Waals surface area contributed by atoms with Gasteiger partial charge in [0.05, 0.1) is 6.10 Å². The van der Waals surface area contributed by atoms with E-state index in [9.17, 15) is 4.79 Å². The predicted octanol–water partition coefficient (Wildman–Crippen LogP) is 1.91.